The molecule has 0 radical (unpaired) electrons. The van der Waals surface area contributed by atoms with Crippen LogP contribution in [0.2, 0.25) is 0 Å². The maximum absolute atomic E-state index is 10.6. The number of hydrogen-bond donors (Lipinski definition) is 2. The van der Waals surface area contributed by atoms with Gasteiger partial charge in [-0.25, -0.2) is 9.78 Å². The number of aromatic nitrogens is 5. The summed E-state index contributed by atoms with van der Waals surface area (Å²) in [6.07, 6.45) is 1.26. The van der Waals surface area contributed by atoms with Crippen molar-refractivity contribution >= 4 is 16.9 Å². The first-order valence-electron chi connectivity index (χ1n) is 8.42. The van der Waals surface area contributed by atoms with E-state index in [0.29, 0.717) is 18.1 Å². The molecule has 0 fully saturated rings. The predicted molar refractivity (Wildman–Crippen MR) is 95.9 cm³/mol. The summed E-state index contributed by atoms with van der Waals surface area (Å²) in [5.41, 5.74) is 2.05. The fourth-order valence-electron chi connectivity index (χ4n) is 2.60. The van der Waals surface area contributed by atoms with Crippen molar-refractivity contribution in [3.05, 3.63) is 54.6 Å². The van der Waals surface area contributed by atoms with Crippen LogP contribution in [0.25, 0.3) is 22.3 Å². The van der Waals surface area contributed by atoms with E-state index < -0.39 is 12.1 Å². The minimum Gasteiger partial charge on any atom is -0.475 e. The Labute approximate surface area is 162 Å². The van der Waals surface area contributed by atoms with Gasteiger partial charge in [-0.15, -0.1) is 0 Å². The second-order valence-corrected chi connectivity index (χ2v) is 5.98. The number of aliphatic carboxylic acids is 1. The van der Waals surface area contributed by atoms with E-state index in [4.69, 9.17) is 14.4 Å². The number of carbonyl (C=O) groups is 1. The zero-order valence-electron chi connectivity index (χ0n) is 15.1. The molecule has 0 aliphatic heterocycles. The first kappa shape index (κ1) is 20.1. The third kappa shape index (κ3) is 4.81. The lowest BCUT2D eigenvalue weighted by Gasteiger charge is -2.00. The number of H-pyrrole nitrogens is 1. The van der Waals surface area contributed by atoms with Crippen LogP contribution in [0.4, 0.5) is 13.2 Å². The molecule has 4 aromatic rings. The molecule has 0 atom stereocenters. The fourth-order valence-corrected chi connectivity index (χ4v) is 2.60. The highest BCUT2D eigenvalue weighted by Gasteiger charge is 2.38. The van der Waals surface area contributed by atoms with Crippen LogP contribution in [0.1, 0.15) is 11.7 Å². The minimum atomic E-state index is -5.08. The summed E-state index contributed by atoms with van der Waals surface area (Å²) < 4.78 is 39.2. The number of aromatic amines is 1. The van der Waals surface area contributed by atoms with Gasteiger partial charge in [-0.05, 0) is 19.1 Å². The normalized spacial score (nSPS) is 11.3. The molecule has 0 bridgehead atoms. The molecule has 29 heavy (non-hydrogen) atoms. The van der Waals surface area contributed by atoms with Gasteiger partial charge < -0.3 is 19.2 Å². The van der Waals surface area contributed by atoms with Crippen LogP contribution in [0, 0.1) is 6.92 Å². The summed E-state index contributed by atoms with van der Waals surface area (Å²) in [6, 6.07) is 8.04. The zero-order valence-corrected chi connectivity index (χ0v) is 15.1. The number of benzene rings is 1. The first-order valence-corrected chi connectivity index (χ1v) is 8.42. The summed E-state index contributed by atoms with van der Waals surface area (Å²) >= 11 is 0. The van der Waals surface area contributed by atoms with Crippen LogP contribution >= 0.6 is 0 Å². The first-order chi connectivity index (χ1) is 13.8. The quantitative estimate of drug-likeness (QED) is 0.535. The van der Waals surface area contributed by atoms with Gasteiger partial charge in [0.05, 0.1) is 0 Å². The van der Waals surface area contributed by atoms with Crippen LogP contribution in [0.5, 0.6) is 0 Å². The molecule has 152 valence electrons. The average molecular weight is 407 g/mol. The number of carboxylic acids is 1. The third-order valence-corrected chi connectivity index (χ3v) is 4.04. The molecular weight excluding hydrogens is 391 g/mol. The molecule has 0 spiro atoms. The van der Waals surface area contributed by atoms with Gasteiger partial charge in [0, 0.05) is 48.0 Å². The van der Waals surface area contributed by atoms with Gasteiger partial charge in [0.1, 0.15) is 5.82 Å². The van der Waals surface area contributed by atoms with Crippen LogP contribution in [0.15, 0.2) is 47.4 Å². The predicted octanol–water partition coefficient (Wildman–Crippen LogP) is 3.60. The lowest BCUT2D eigenvalue weighted by molar-refractivity contribution is -0.192. The Morgan fingerprint density at radius 3 is 2.72 bits per heavy atom. The third-order valence-electron chi connectivity index (χ3n) is 4.04. The standard InChI is InChI=1S/C16H15N5O.C2HF3O2/c1-11-17-8-10-21(11)9-6-15-19-16(20-22-15)13-3-2-4-14-12(13)5-7-18-14;3-2(4,5)1(6)7/h2-5,7-8,10,18H,6,9H2,1H3;(H,6,7). The van der Waals surface area contributed by atoms with E-state index >= 15 is 0 Å². The van der Waals surface area contributed by atoms with Gasteiger partial charge in [-0.3, -0.25) is 0 Å². The van der Waals surface area contributed by atoms with Crippen molar-refractivity contribution in [2.24, 2.45) is 0 Å². The lowest BCUT2D eigenvalue weighted by atomic mass is 10.1. The maximum Gasteiger partial charge on any atom is 0.490 e. The molecule has 0 aliphatic rings. The van der Waals surface area contributed by atoms with Crippen LogP contribution in [-0.4, -0.2) is 41.9 Å². The maximum atomic E-state index is 10.6. The highest BCUT2D eigenvalue weighted by Crippen LogP contribution is 2.25. The van der Waals surface area contributed by atoms with Crippen molar-refractivity contribution in [3.63, 3.8) is 0 Å². The SMILES string of the molecule is Cc1nccn1CCc1nc(-c2cccc3[nH]ccc23)no1.O=C(O)C(F)(F)F. The smallest absolute Gasteiger partial charge is 0.475 e. The number of imidazole rings is 1. The van der Waals surface area contributed by atoms with Gasteiger partial charge in [-0.1, -0.05) is 17.3 Å². The number of nitrogens with zero attached hydrogens (tertiary/aromatic N) is 4. The number of halogens is 3. The van der Waals surface area contributed by atoms with Crippen LogP contribution < -0.4 is 0 Å². The summed E-state index contributed by atoms with van der Waals surface area (Å²) in [5.74, 6) is -0.512. The molecule has 4 rings (SSSR count). The van der Waals surface area contributed by atoms with Crippen molar-refractivity contribution < 1.29 is 27.6 Å². The van der Waals surface area contributed by atoms with Crippen molar-refractivity contribution in [3.8, 4) is 11.4 Å². The molecule has 3 aromatic heterocycles. The highest BCUT2D eigenvalue weighted by molar-refractivity contribution is 5.93. The highest BCUT2D eigenvalue weighted by atomic mass is 19.4. The van der Waals surface area contributed by atoms with Crippen molar-refractivity contribution in [2.45, 2.75) is 26.1 Å². The van der Waals surface area contributed by atoms with E-state index in [9.17, 15) is 13.2 Å². The average Bonchev–Trinajstić information content (AvgIpc) is 3.40. The number of fused-ring (bicyclic) bond motifs is 1. The minimum absolute atomic E-state index is 0.627. The van der Waals surface area contributed by atoms with Crippen LogP contribution in [-0.2, 0) is 17.8 Å². The molecule has 0 aliphatic carbocycles. The number of hydrogen-bond acceptors (Lipinski definition) is 5. The Hall–Kier alpha value is -3.63. The molecule has 11 heteroatoms. The number of alkyl halides is 3. The molecule has 3 heterocycles. The van der Waals surface area contributed by atoms with E-state index in [1.54, 1.807) is 6.20 Å². The summed E-state index contributed by atoms with van der Waals surface area (Å²) in [5, 5.41) is 12.3. The van der Waals surface area contributed by atoms with E-state index in [-0.39, 0.29) is 0 Å². The Kier molecular flexibility index (Phi) is 5.66. The molecule has 2 N–H and O–H groups in total. The number of rotatable bonds is 4. The monoisotopic (exact) mass is 407 g/mol. The fraction of sp³-hybridized carbons (Fsp3) is 0.222. The van der Waals surface area contributed by atoms with Gasteiger partial charge >= 0.3 is 12.1 Å². The van der Waals surface area contributed by atoms with Gasteiger partial charge in [0.25, 0.3) is 0 Å². The Balaban J connectivity index is 0.000000298. The molecule has 1 aromatic carbocycles. The van der Waals surface area contributed by atoms with Crippen LogP contribution in [0.3, 0.4) is 0 Å². The molecule has 0 saturated carbocycles. The Morgan fingerprint density at radius 1 is 1.31 bits per heavy atom. The second kappa shape index (κ2) is 8.17. The molecule has 0 saturated heterocycles. The van der Waals surface area contributed by atoms with E-state index in [1.165, 1.54) is 0 Å². The molecule has 8 nitrogen and oxygen atoms in total. The Morgan fingerprint density at radius 2 is 2.07 bits per heavy atom. The lowest BCUT2D eigenvalue weighted by Crippen LogP contribution is -2.21. The Bertz CT molecular complexity index is 1110. The number of nitrogens with one attached hydrogen (secondary N) is 1. The van der Waals surface area contributed by atoms with Crippen molar-refractivity contribution in [1.82, 2.24) is 24.7 Å². The van der Waals surface area contributed by atoms with Crippen molar-refractivity contribution in [2.75, 3.05) is 0 Å². The molecule has 0 unspecified atom stereocenters. The summed E-state index contributed by atoms with van der Waals surface area (Å²) in [4.78, 5) is 20.8. The largest absolute Gasteiger partial charge is 0.490 e. The topological polar surface area (TPSA) is 110 Å². The molecule has 0 amide bonds. The summed E-state index contributed by atoms with van der Waals surface area (Å²) in [7, 11) is 0. The summed E-state index contributed by atoms with van der Waals surface area (Å²) in [6.45, 7) is 2.76. The van der Waals surface area contributed by atoms with Crippen molar-refractivity contribution in [1.29, 1.82) is 0 Å². The second-order valence-electron chi connectivity index (χ2n) is 5.98. The molecular formula is C18H16F3N5O3. The van der Waals surface area contributed by atoms with Gasteiger partial charge in [0.15, 0.2) is 0 Å². The van der Waals surface area contributed by atoms with Gasteiger partial charge in [-0.2, -0.15) is 18.2 Å². The van der Waals surface area contributed by atoms with E-state index in [2.05, 4.69) is 24.7 Å². The number of aryl methyl sites for hydroxylation is 3. The zero-order chi connectivity index (χ0) is 21.0. The van der Waals surface area contributed by atoms with Gasteiger partial charge in [0.2, 0.25) is 11.7 Å². The number of carboxylic acid groups (broad SMARTS) is 1. The van der Waals surface area contributed by atoms with E-state index in [0.717, 1.165) is 28.8 Å². The van der Waals surface area contributed by atoms with E-state index in [1.807, 2.05) is 43.6 Å².